The third-order valence-electron chi connectivity index (χ3n) is 3.86. The number of nitriles is 1. The van der Waals surface area contributed by atoms with Crippen molar-refractivity contribution in [1.82, 2.24) is 4.90 Å². The minimum absolute atomic E-state index is 0.104. The number of para-hydroxylation sites is 1. The molecule has 1 aromatic carbocycles. The van der Waals surface area contributed by atoms with Crippen molar-refractivity contribution in [2.45, 2.75) is 32.4 Å². The predicted molar refractivity (Wildman–Crippen MR) is 80.9 cm³/mol. The highest BCUT2D eigenvalue weighted by molar-refractivity contribution is 5.95. The lowest BCUT2D eigenvalue weighted by molar-refractivity contribution is -0.129. The Labute approximate surface area is 125 Å². The van der Waals surface area contributed by atoms with E-state index in [0.29, 0.717) is 24.5 Å². The van der Waals surface area contributed by atoms with Gasteiger partial charge in [0.2, 0.25) is 5.91 Å². The van der Waals surface area contributed by atoms with Crippen molar-refractivity contribution < 1.29 is 9.53 Å². The Kier molecular flexibility index (Phi) is 4.61. The molecule has 1 aromatic rings. The fraction of sp³-hybridized carbons (Fsp3) is 0.500. The SMILES string of the molecule is CC(C(=O)Nc1ccccc1C#N)N1CCOCC1(C)C. The van der Waals surface area contributed by atoms with E-state index in [1.807, 2.05) is 6.92 Å². The Bertz CT molecular complexity index is 563. The number of carbonyl (C=O) groups is 1. The maximum absolute atomic E-state index is 12.5. The standard InChI is InChI=1S/C16H21N3O2/c1-12(19-8-9-21-11-16(19,2)3)15(20)18-14-7-5-4-6-13(14)10-17/h4-7,12H,8-9,11H2,1-3H3,(H,18,20). The van der Waals surface area contributed by atoms with Crippen LogP contribution in [0.5, 0.6) is 0 Å². The minimum atomic E-state index is -0.282. The number of amides is 1. The maximum atomic E-state index is 12.5. The van der Waals surface area contributed by atoms with Gasteiger partial charge in [0.25, 0.3) is 0 Å². The molecule has 1 N–H and O–H groups in total. The fourth-order valence-corrected chi connectivity index (χ4v) is 2.66. The molecule has 0 saturated carbocycles. The summed E-state index contributed by atoms with van der Waals surface area (Å²) in [7, 11) is 0. The van der Waals surface area contributed by atoms with Crippen molar-refractivity contribution in [2.75, 3.05) is 25.1 Å². The van der Waals surface area contributed by atoms with Crippen LogP contribution in [0.25, 0.3) is 0 Å². The Morgan fingerprint density at radius 2 is 2.19 bits per heavy atom. The molecule has 0 spiro atoms. The first kappa shape index (κ1) is 15.5. The highest BCUT2D eigenvalue weighted by Crippen LogP contribution is 2.23. The van der Waals surface area contributed by atoms with Gasteiger partial charge in [0, 0.05) is 12.1 Å². The van der Waals surface area contributed by atoms with E-state index in [4.69, 9.17) is 10.00 Å². The topological polar surface area (TPSA) is 65.4 Å². The van der Waals surface area contributed by atoms with Gasteiger partial charge in [-0.3, -0.25) is 9.69 Å². The first-order chi connectivity index (χ1) is 9.95. The van der Waals surface area contributed by atoms with E-state index >= 15 is 0 Å². The summed E-state index contributed by atoms with van der Waals surface area (Å²) in [6.45, 7) is 7.99. The molecular weight excluding hydrogens is 266 g/mol. The van der Waals surface area contributed by atoms with Crippen molar-refractivity contribution in [3.8, 4) is 6.07 Å². The van der Waals surface area contributed by atoms with E-state index in [1.54, 1.807) is 24.3 Å². The Morgan fingerprint density at radius 1 is 1.48 bits per heavy atom. The van der Waals surface area contributed by atoms with Crippen LogP contribution in [0.15, 0.2) is 24.3 Å². The second-order valence-electron chi connectivity index (χ2n) is 5.88. The van der Waals surface area contributed by atoms with Gasteiger partial charge in [-0.15, -0.1) is 0 Å². The molecule has 21 heavy (non-hydrogen) atoms. The molecule has 1 fully saturated rings. The molecule has 0 aromatic heterocycles. The second-order valence-corrected chi connectivity index (χ2v) is 5.88. The lowest BCUT2D eigenvalue weighted by Crippen LogP contribution is -2.59. The molecule has 0 aliphatic carbocycles. The van der Waals surface area contributed by atoms with Crippen LogP contribution in [-0.4, -0.2) is 42.1 Å². The van der Waals surface area contributed by atoms with Crippen LogP contribution in [0.2, 0.25) is 0 Å². The zero-order chi connectivity index (χ0) is 15.5. The summed E-state index contributed by atoms with van der Waals surface area (Å²) in [6, 6.07) is 8.83. The van der Waals surface area contributed by atoms with Crippen LogP contribution in [0.4, 0.5) is 5.69 Å². The van der Waals surface area contributed by atoms with Gasteiger partial charge < -0.3 is 10.1 Å². The van der Waals surface area contributed by atoms with Crippen molar-refractivity contribution in [3.63, 3.8) is 0 Å². The average molecular weight is 287 g/mol. The summed E-state index contributed by atoms with van der Waals surface area (Å²) < 4.78 is 5.48. The van der Waals surface area contributed by atoms with E-state index in [1.165, 1.54) is 0 Å². The number of hydrogen-bond acceptors (Lipinski definition) is 4. The van der Waals surface area contributed by atoms with Gasteiger partial charge in [0.1, 0.15) is 6.07 Å². The summed E-state index contributed by atoms with van der Waals surface area (Å²) in [5.41, 5.74) is 0.853. The van der Waals surface area contributed by atoms with Crippen LogP contribution in [0.1, 0.15) is 26.3 Å². The number of morpholine rings is 1. The Hall–Kier alpha value is -1.90. The number of benzene rings is 1. The molecular formula is C16H21N3O2. The van der Waals surface area contributed by atoms with Crippen LogP contribution in [-0.2, 0) is 9.53 Å². The van der Waals surface area contributed by atoms with Gasteiger partial charge >= 0.3 is 0 Å². The van der Waals surface area contributed by atoms with Crippen molar-refractivity contribution in [2.24, 2.45) is 0 Å². The number of rotatable bonds is 3. The smallest absolute Gasteiger partial charge is 0.241 e. The molecule has 1 amide bonds. The van der Waals surface area contributed by atoms with Crippen molar-refractivity contribution in [3.05, 3.63) is 29.8 Å². The lowest BCUT2D eigenvalue weighted by atomic mass is 9.99. The lowest BCUT2D eigenvalue weighted by Gasteiger charge is -2.44. The molecule has 2 rings (SSSR count). The van der Waals surface area contributed by atoms with Gasteiger partial charge in [0.05, 0.1) is 30.5 Å². The van der Waals surface area contributed by atoms with Gasteiger partial charge in [-0.25, -0.2) is 0 Å². The molecule has 1 aliphatic heterocycles. The fourth-order valence-electron chi connectivity index (χ4n) is 2.66. The monoisotopic (exact) mass is 287 g/mol. The van der Waals surface area contributed by atoms with E-state index in [-0.39, 0.29) is 17.5 Å². The molecule has 5 heteroatoms. The third-order valence-corrected chi connectivity index (χ3v) is 3.86. The highest BCUT2D eigenvalue weighted by Gasteiger charge is 2.36. The molecule has 112 valence electrons. The predicted octanol–water partition coefficient (Wildman–Crippen LogP) is 2.00. The van der Waals surface area contributed by atoms with Crippen LogP contribution >= 0.6 is 0 Å². The quantitative estimate of drug-likeness (QED) is 0.923. The second kappa shape index (κ2) is 6.25. The first-order valence-corrected chi connectivity index (χ1v) is 7.10. The van der Waals surface area contributed by atoms with E-state index in [2.05, 4.69) is 30.1 Å². The molecule has 1 heterocycles. The zero-order valence-corrected chi connectivity index (χ0v) is 12.7. The highest BCUT2D eigenvalue weighted by atomic mass is 16.5. The summed E-state index contributed by atoms with van der Waals surface area (Å²) in [4.78, 5) is 14.6. The van der Waals surface area contributed by atoms with E-state index < -0.39 is 0 Å². The molecule has 0 bridgehead atoms. The van der Waals surface area contributed by atoms with Gasteiger partial charge in [-0.05, 0) is 32.9 Å². The average Bonchev–Trinajstić information content (AvgIpc) is 2.46. The molecule has 1 unspecified atom stereocenters. The minimum Gasteiger partial charge on any atom is -0.378 e. The number of ether oxygens (including phenoxy) is 1. The zero-order valence-electron chi connectivity index (χ0n) is 12.7. The molecule has 0 radical (unpaired) electrons. The Morgan fingerprint density at radius 3 is 2.86 bits per heavy atom. The van der Waals surface area contributed by atoms with Crippen molar-refractivity contribution in [1.29, 1.82) is 5.26 Å². The number of nitrogens with one attached hydrogen (secondary N) is 1. The molecule has 1 aliphatic rings. The number of anilines is 1. The number of carbonyl (C=O) groups excluding carboxylic acids is 1. The van der Waals surface area contributed by atoms with Crippen LogP contribution in [0.3, 0.4) is 0 Å². The normalized spacial score (nSPS) is 19.5. The van der Waals surface area contributed by atoms with Gasteiger partial charge in [-0.1, -0.05) is 12.1 Å². The van der Waals surface area contributed by atoms with Gasteiger partial charge in [0.15, 0.2) is 0 Å². The maximum Gasteiger partial charge on any atom is 0.241 e. The first-order valence-electron chi connectivity index (χ1n) is 7.10. The molecule has 5 nitrogen and oxygen atoms in total. The summed E-state index contributed by atoms with van der Waals surface area (Å²) in [5, 5.41) is 11.9. The summed E-state index contributed by atoms with van der Waals surface area (Å²) >= 11 is 0. The van der Waals surface area contributed by atoms with Crippen LogP contribution in [0, 0.1) is 11.3 Å². The van der Waals surface area contributed by atoms with Crippen LogP contribution < -0.4 is 5.32 Å². The largest absolute Gasteiger partial charge is 0.378 e. The molecule has 1 atom stereocenters. The Balaban J connectivity index is 2.11. The number of hydrogen-bond donors (Lipinski definition) is 1. The third kappa shape index (κ3) is 3.41. The van der Waals surface area contributed by atoms with E-state index in [0.717, 1.165) is 6.54 Å². The number of nitrogens with zero attached hydrogens (tertiary/aromatic N) is 2. The van der Waals surface area contributed by atoms with Gasteiger partial charge in [-0.2, -0.15) is 5.26 Å². The van der Waals surface area contributed by atoms with E-state index in [9.17, 15) is 4.79 Å². The summed E-state index contributed by atoms with van der Waals surface area (Å²) in [6.07, 6.45) is 0. The van der Waals surface area contributed by atoms with Crippen molar-refractivity contribution >= 4 is 11.6 Å². The molecule has 1 saturated heterocycles. The summed E-state index contributed by atoms with van der Waals surface area (Å²) in [5.74, 6) is -0.104.